The molecule has 0 saturated heterocycles. The van der Waals surface area contributed by atoms with E-state index in [1.807, 2.05) is 26.0 Å². The van der Waals surface area contributed by atoms with Crippen molar-refractivity contribution < 1.29 is 30.6 Å². The van der Waals surface area contributed by atoms with Gasteiger partial charge in [0.1, 0.15) is 30.2 Å². The number of hydrogen-bond donors (Lipinski definition) is 6. The van der Waals surface area contributed by atoms with E-state index in [-0.39, 0.29) is 0 Å². The number of aliphatic hydroxyl groups excluding tert-OH is 6. The van der Waals surface area contributed by atoms with Crippen LogP contribution in [0.3, 0.4) is 0 Å². The first-order valence-electron chi connectivity index (χ1n) is 7.15. The third-order valence-electron chi connectivity index (χ3n) is 3.63. The van der Waals surface area contributed by atoms with Crippen LogP contribution in [0.2, 0.25) is 0 Å². The Balaban J connectivity index is 2.91. The molecule has 0 aliphatic heterocycles. The van der Waals surface area contributed by atoms with E-state index in [4.69, 9.17) is 5.11 Å². The zero-order chi connectivity index (χ0) is 16.9. The zero-order valence-electron chi connectivity index (χ0n) is 12.7. The smallest absolute Gasteiger partial charge is 0.139 e. The molecular formula is C16H24O6. The largest absolute Gasteiger partial charge is 0.509 e. The van der Waals surface area contributed by atoms with Gasteiger partial charge >= 0.3 is 0 Å². The molecule has 0 amide bonds. The van der Waals surface area contributed by atoms with Gasteiger partial charge in [0.05, 0.1) is 6.61 Å². The Morgan fingerprint density at radius 2 is 1.77 bits per heavy atom. The van der Waals surface area contributed by atoms with Crippen LogP contribution in [-0.2, 0) is 6.42 Å². The molecule has 0 aromatic heterocycles. The summed E-state index contributed by atoms with van der Waals surface area (Å²) in [6, 6.07) is 5.48. The third kappa shape index (κ3) is 4.53. The minimum atomic E-state index is -1.82. The molecule has 0 radical (unpaired) electrons. The highest BCUT2D eigenvalue weighted by Crippen LogP contribution is 2.17. The van der Waals surface area contributed by atoms with Gasteiger partial charge in [0.2, 0.25) is 0 Å². The van der Waals surface area contributed by atoms with Gasteiger partial charge in [0, 0.05) is 0 Å². The lowest BCUT2D eigenvalue weighted by Gasteiger charge is -2.25. The van der Waals surface area contributed by atoms with E-state index in [1.165, 1.54) is 6.08 Å². The Morgan fingerprint density at radius 3 is 2.32 bits per heavy atom. The summed E-state index contributed by atoms with van der Waals surface area (Å²) in [5.74, 6) is -0.539. The number of aliphatic hydroxyl groups is 6. The molecule has 6 N–H and O–H groups in total. The van der Waals surface area contributed by atoms with Crippen LogP contribution < -0.4 is 0 Å². The van der Waals surface area contributed by atoms with Crippen molar-refractivity contribution in [2.45, 2.75) is 44.7 Å². The molecule has 0 bridgehead atoms. The summed E-state index contributed by atoms with van der Waals surface area (Å²) in [6.07, 6.45) is -4.88. The van der Waals surface area contributed by atoms with Gasteiger partial charge in [-0.05, 0) is 36.1 Å². The molecule has 1 rings (SSSR count). The minimum absolute atomic E-state index is 0.539. The monoisotopic (exact) mass is 312 g/mol. The van der Waals surface area contributed by atoms with Gasteiger partial charge < -0.3 is 30.6 Å². The number of hydrogen-bond acceptors (Lipinski definition) is 6. The van der Waals surface area contributed by atoms with Crippen LogP contribution >= 0.6 is 0 Å². The molecule has 0 aliphatic carbocycles. The van der Waals surface area contributed by atoms with E-state index < -0.39 is 36.8 Å². The number of aryl methyl sites for hydroxylation is 2. The first-order chi connectivity index (χ1) is 10.3. The minimum Gasteiger partial charge on any atom is -0.509 e. The molecule has 0 saturated carbocycles. The van der Waals surface area contributed by atoms with Gasteiger partial charge in [0.25, 0.3) is 0 Å². The quantitative estimate of drug-likeness (QED) is 0.391. The molecule has 4 unspecified atom stereocenters. The van der Waals surface area contributed by atoms with E-state index in [0.717, 1.165) is 17.5 Å². The number of benzene rings is 1. The topological polar surface area (TPSA) is 121 Å². The van der Waals surface area contributed by atoms with Crippen molar-refractivity contribution in [3.8, 4) is 0 Å². The molecule has 0 aliphatic rings. The van der Waals surface area contributed by atoms with Crippen molar-refractivity contribution in [2.24, 2.45) is 0 Å². The predicted molar refractivity (Wildman–Crippen MR) is 82.3 cm³/mol. The first-order valence-corrected chi connectivity index (χ1v) is 7.15. The SMILES string of the molecule is CCc1cc(C=C(O)C(O)C(O)C(O)C(O)CO)ccc1C. The van der Waals surface area contributed by atoms with Crippen LogP contribution in [-0.4, -0.2) is 61.7 Å². The molecule has 1 aromatic rings. The van der Waals surface area contributed by atoms with Gasteiger partial charge in [-0.3, -0.25) is 0 Å². The van der Waals surface area contributed by atoms with Crippen LogP contribution in [0.4, 0.5) is 0 Å². The molecule has 0 heterocycles. The molecule has 4 atom stereocenters. The van der Waals surface area contributed by atoms with Crippen LogP contribution in [0.1, 0.15) is 23.6 Å². The Bertz CT molecular complexity index is 513. The Labute approximate surface area is 129 Å². The molecule has 0 fully saturated rings. The van der Waals surface area contributed by atoms with E-state index in [1.54, 1.807) is 6.07 Å². The van der Waals surface area contributed by atoms with Crippen molar-refractivity contribution in [1.82, 2.24) is 0 Å². The molecule has 6 nitrogen and oxygen atoms in total. The molecule has 1 aromatic carbocycles. The lowest BCUT2D eigenvalue weighted by molar-refractivity contribution is -0.112. The second-order valence-corrected chi connectivity index (χ2v) is 5.28. The van der Waals surface area contributed by atoms with Crippen LogP contribution in [0, 0.1) is 6.92 Å². The zero-order valence-corrected chi connectivity index (χ0v) is 12.7. The maximum Gasteiger partial charge on any atom is 0.139 e. The first kappa shape index (κ1) is 18.6. The maximum absolute atomic E-state index is 9.87. The summed E-state index contributed by atoms with van der Waals surface area (Å²) in [5.41, 5.74) is 2.84. The standard InChI is InChI=1S/C16H24O6/c1-3-11-6-10(5-4-9(11)2)7-12(18)14(20)16(22)15(21)13(19)8-17/h4-7,13-22H,3,8H2,1-2H3. The summed E-state index contributed by atoms with van der Waals surface area (Å²) >= 11 is 0. The molecule has 0 spiro atoms. The Morgan fingerprint density at radius 1 is 1.14 bits per heavy atom. The van der Waals surface area contributed by atoms with Crippen molar-refractivity contribution in [1.29, 1.82) is 0 Å². The molecular weight excluding hydrogens is 288 g/mol. The molecule has 22 heavy (non-hydrogen) atoms. The maximum atomic E-state index is 9.87. The van der Waals surface area contributed by atoms with Crippen LogP contribution in [0.15, 0.2) is 24.0 Å². The van der Waals surface area contributed by atoms with E-state index >= 15 is 0 Å². The van der Waals surface area contributed by atoms with Crippen molar-refractivity contribution in [2.75, 3.05) is 6.61 Å². The highest BCUT2D eigenvalue weighted by Gasteiger charge is 2.32. The van der Waals surface area contributed by atoms with E-state index in [0.29, 0.717) is 5.56 Å². The van der Waals surface area contributed by atoms with Crippen molar-refractivity contribution in [3.05, 3.63) is 40.6 Å². The normalized spacial score (nSPS) is 17.9. The lowest BCUT2D eigenvalue weighted by Crippen LogP contribution is -2.46. The van der Waals surface area contributed by atoms with E-state index in [9.17, 15) is 25.5 Å². The highest BCUT2D eigenvalue weighted by atomic mass is 16.4. The highest BCUT2D eigenvalue weighted by molar-refractivity contribution is 5.54. The second-order valence-electron chi connectivity index (χ2n) is 5.28. The van der Waals surface area contributed by atoms with Gasteiger partial charge in [-0.2, -0.15) is 0 Å². The van der Waals surface area contributed by atoms with Gasteiger partial charge in [-0.15, -0.1) is 0 Å². The summed E-state index contributed by atoms with van der Waals surface area (Å²) < 4.78 is 0. The Kier molecular flexibility index (Phi) is 6.99. The Hall–Kier alpha value is -1.44. The van der Waals surface area contributed by atoms with Crippen LogP contribution in [0.25, 0.3) is 6.08 Å². The fraction of sp³-hybridized carbons (Fsp3) is 0.500. The van der Waals surface area contributed by atoms with Gasteiger partial charge in [-0.25, -0.2) is 0 Å². The molecule has 124 valence electrons. The van der Waals surface area contributed by atoms with E-state index in [2.05, 4.69) is 0 Å². The van der Waals surface area contributed by atoms with Gasteiger partial charge in [-0.1, -0.05) is 25.1 Å². The van der Waals surface area contributed by atoms with Crippen LogP contribution in [0.5, 0.6) is 0 Å². The molecule has 6 heteroatoms. The lowest BCUT2D eigenvalue weighted by atomic mass is 9.99. The summed E-state index contributed by atoms with van der Waals surface area (Å²) in [7, 11) is 0. The van der Waals surface area contributed by atoms with Gasteiger partial charge in [0.15, 0.2) is 0 Å². The second kappa shape index (κ2) is 8.26. The number of rotatable bonds is 7. The fourth-order valence-corrected chi connectivity index (χ4v) is 2.12. The third-order valence-corrected chi connectivity index (χ3v) is 3.63. The average molecular weight is 312 g/mol. The average Bonchev–Trinajstić information content (AvgIpc) is 2.53. The fourth-order valence-electron chi connectivity index (χ4n) is 2.12. The summed E-state index contributed by atoms with van der Waals surface area (Å²) in [5, 5.41) is 56.9. The predicted octanol–water partition coefficient (Wildman–Crippen LogP) is -0.108. The van der Waals surface area contributed by atoms with Crippen molar-refractivity contribution in [3.63, 3.8) is 0 Å². The summed E-state index contributed by atoms with van der Waals surface area (Å²) in [4.78, 5) is 0. The summed E-state index contributed by atoms with van der Waals surface area (Å²) in [6.45, 7) is 3.20. The van der Waals surface area contributed by atoms with Crippen molar-refractivity contribution >= 4 is 6.08 Å².